The molecule has 3 aromatic rings. The van der Waals surface area contributed by atoms with Gasteiger partial charge in [0.25, 0.3) is 0 Å². The average Bonchev–Trinajstić information content (AvgIpc) is 3.16. The minimum Gasteiger partial charge on any atom is -0.493 e. The number of ether oxygens (including phenoxy) is 3. The molecule has 0 radical (unpaired) electrons. The number of benzene rings is 1. The van der Waals surface area contributed by atoms with Crippen molar-refractivity contribution in [1.29, 1.82) is 0 Å². The van der Waals surface area contributed by atoms with Crippen LogP contribution in [-0.4, -0.2) is 48.5 Å². The van der Waals surface area contributed by atoms with E-state index in [1.54, 1.807) is 21.3 Å². The molecule has 3 rings (SSSR count). The Bertz CT molecular complexity index is 914. The Balaban J connectivity index is 1.87. The molecule has 2 aromatic heterocycles. The zero-order chi connectivity index (χ0) is 20.1. The van der Waals surface area contributed by atoms with Crippen LogP contribution in [-0.2, 0) is 13.1 Å². The first-order valence-electron chi connectivity index (χ1n) is 8.98. The van der Waals surface area contributed by atoms with Crippen LogP contribution in [0.4, 0.5) is 0 Å². The molecule has 0 aliphatic carbocycles. The van der Waals surface area contributed by atoms with E-state index in [-0.39, 0.29) is 0 Å². The van der Waals surface area contributed by atoms with Crippen molar-refractivity contribution in [2.75, 3.05) is 28.4 Å². The van der Waals surface area contributed by atoms with Gasteiger partial charge in [-0.15, -0.1) is 0 Å². The third-order valence-corrected chi connectivity index (χ3v) is 4.69. The minimum atomic E-state index is 0.570. The first-order valence-corrected chi connectivity index (χ1v) is 8.98. The Labute approximate surface area is 165 Å². The van der Waals surface area contributed by atoms with Crippen LogP contribution in [0.25, 0.3) is 11.3 Å². The van der Waals surface area contributed by atoms with Crippen LogP contribution < -0.4 is 14.2 Å². The van der Waals surface area contributed by atoms with E-state index in [1.165, 1.54) is 11.1 Å². The Kier molecular flexibility index (Phi) is 6.16. The number of aromatic nitrogens is 3. The Morgan fingerprint density at radius 1 is 0.964 bits per heavy atom. The van der Waals surface area contributed by atoms with Crippen molar-refractivity contribution in [1.82, 2.24) is 20.1 Å². The van der Waals surface area contributed by atoms with Gasteiger partial charge in [0.15, 0.2) is 11.5 Å². The number of H-pyrrole nitrogens is 1. The standard InChI is InChI=1S/C21H26N4O3/c1-14-10-22-7-6-15(14)12-25(2)13-17-11-23-24-20(17)16-8-18(26-3)21(28-5)19(9-16)27-4/h6-11H,12-13H2,1-5H3,(H,23,24). The number of aromatic amines is 1. The largest absolute Gasteiger partial charge is 0.493 e. The number of methoxy groups -OCH3 is 3. The summed E-state index contributed by atoms with van der Waals surface area (Å²) >= 11 is 0. The van der Waals surface area contributed by atoms with Crippen LogP contribution in [0.3, 0.4) is 0 Å². The molecule has 0 atom stereocenters. The van der Waals surface area contributed by atoms with Gasteiger partial charge < -0.3 is 14.2 Å². The molecule has 1 aromatic carbocycles. The zero-order valence-electron chi connectivity index (χ0n) is 16.9. The van der Waals surface area contributed by atoms with Crippen LogP contribution in [0.5, 0.6) is 17.2 Å². The van der Waals surface area contributed by atoms with E-state index in [1.807, 2.05) is 30.7 Å². The lowest BCUT2D eigenvalue weighted by molar-refractivity contribution is 0.318. The number of nitrogens with zero attached hydrogens (tertiary/aromatic N) is 3. The smallest absolute Gasteiger partial charge is 0.203 e. The van der Waals surface area contributed by atoms with Gasteiger partial charge >= 0.3 is 0 Å². The van der Waals surface area contributed by atoms with E-state index < -0.39 is 0 Å². The maximum absolute atomic E-state index is 5.47. The third kappa shape index (κ3) is 4.09. The summed E-state index contributed by atoms with van der Waals surface area (Å²) in [5.41, 5.74) is 5.39. The Hall–Kier alpha value is -3.06. The van der Waals surface area contributed by atoms with Gasteiger partial charge in [-0.3, -0.25) is 15.0 Å². The number of hydrogen-bond acceptors (Lipinski definition) is 6. The van der Waals surface area contributed by atoms with Gasteiger partial charge in [-0.05, 0) is 43.3 Å². The van der Waals surface area contributed by atoms with Crippen LogP contribution in [0, 0.1) is 6.92 Å². The summed E-state index contributed by atoms with van der Waals surface area (Å²) in [6.45, 7) is 3.65. The molecule has 0 amide bonds. The van der Waals surface area contributed by atoms with E-state index in [9.17, 15) is 0 Å². The van der Waals surface area contributed by atoms with Crippen LogP contribution in [0.15, 0.2) is 36.8 Å². The molecular formula is C21H26N4O3. The summed E-state index contributed by atoms with van der Waals surface area (Å²) in [6.07, 6.45) is 5.58. The maximum Gasteiger partial charge on any atom is 0.203 e. The third-order valence-electron chi connectivity index (χ3n) is 4.69. The van der Waals surface area contributed by atoms with Gasteiger partial charge in [-0.2, -0.15) is 5.10 Å². The van der Waals surface area contributed by atoms with Crippen molar-refractivity contribution < 1.29 is 14.2 Å². The molecule has 0 fully saturated rings. The highest BCUT2D eigenvalue weighted by Crippen LogP contribution is 2.41. The molecule has 0 unspecified atom stereocenters. The monoisotopic (exact) mass is 382 g/mol. The minimum absolute atomic E-state index is 0.570. The first-order chi connectivity index (χ1) is 13.6. The second kappa shape index (κ2) is 8.75. The molecule has 0 aliphatic rings. The van der Waals surface area contributed by atoms with Crippen LogP contribution in [0.2, 0.25) is 0 Å². The number of rotatable bonds is 8. The summed E-state index contributed by atoms with van der Waals surface area (Å²) in [4.78, 5) is 6.41. The van der Waals surface area contributed by atoms with Crippen molar-refractivity contribution >= 4 is 0 Å². The molecule has 0 saturated carbocycles. The summed E-state index contributed by atoms with van der Waals surface area (Å²) < 4.78 is 16.4. The van der Waals surface area contributed by atoms with Crippen molar-refractivity contribution in [2.24, 2.45) is 0 Å². The molecule has 148 valence electrons. The highest BCUT2D eigenvalue weighted by Gasteiger charge is 2.17. The van der Waals surface area contributed by atoms with Crippen LogP contribution >= 0.6 is 0 Å². The van der Waals surface area contributed by atoms with Crippen molar-refractivity contribution in [3.8, 4) is 28.5 Å². The van der Waals surface area contributed by atoms with Gasteiger partial charge in [0.1, 0.15) is 0 Å². The SMILES string of the molecule is COc1cc(-c2[nH]ncc2CN(C)Cc2ccncc2C)cc(OC)c1OC. The highest BCUT2D eigenvalue weighted by atomic mass is 16.5. The van der Waals surface area contributed by atoms with Crippen LogP contribution in [0.1, 0.15) is 16.7 Å². The Morgan fingerprint density at radius 3 is 2.25 bits per heavy atom. The number of aryl methyl sites for hydroxylation is 1. The Morgan fingerprint density at radius 2 is 1.64 bits per heavy atom. The fourth-order valence-corrected chi connectivity index (χ4v) is 3.22. The fraction of sp³-hybridized carbons (Fsp3) is 0.333. The lowest BCUT2D eigenvalue weighted by Crippen LogP contribution is -2.18. The molecule has 1 N–H and O–H groups in total. The molecule has 0 spiro atoms. The average molecular weight is 382 g/mol. The number of pyridine rings is 1. The van der Waals surface area contributed by atoms with E-state index >= 15 is 0 Å². The lowest BCUT2D eigenvalue weighted by atomic mass is 10.1. The second-order valence-electron chi connectivity index (χ2n) is 6.66. The molecule has 0 saturated heterocycles. The normalized spacial score (nSPS) is 10.9. The topological polar surface area (TPSA) is 72.5 Å². The van der Waals surface area contributed by atoms with Gasteiger partial charge in [-0.1, -0.05) is 0 Å². The van der Waals surface area contributed by atoms with Crippen molar-refractivity contribution in [2.45, 2.75) is 20.0 Å². The zero-order valence-corrected chi connectivity index (χ0v) is 16.9. The molecule has 7 heteroatoms. The quantitative estimate of drug-likeness (QED) is 0.643. The van der Waals surface area contributed by atoms with Crippen molar-refractivity contribution in [3.63, 3.8) is 0 Å². The lowest BCUT2D eigenvalue weighted by Gasteiger charge is -2.18. The van der Waals surface area contributed by atoms with Crippen molar-refractivity contribution in [3.05, 3.63) is 53.5 Å². The predicted octanol–water partition coefficient (Wildman–Crippen LogP) is 3.44. The van der Waals surface area contributed by atoms with Gasteiger partial charge in [0.05, 0.1) is 33.2 Å². The van der Waals surface area contributed by atoms with E-state index in [0.29, 0.717) is 17.2 Å². The van der Waals surface area contributed by atoms with E-state index in [0.717, 1.165) is 29.9 Å². The molecule has 7 nitrogen and oxygen atoms in total. The highest BCUT2D eigenvalue weighted by molar-refractivity contribution is 5.70. The molecular weight excluding hydrogens is 356 g/mol. The summed E-state index contributed by atoms with van der Waals surface area (Å²) in [6, 6.07) is 5.90. The molecule has 0 aliphatic heterocycles. The fourth-order valence-electron chi connectivity index (χ4n) is 3.22. The predicted molar refractivity (Wildman–Crippen MR) is 108 cm³/mol. The molecule has 2 heterocycles. The van der Waals surface area contributed by atoms with E-state index in [2.05, 4.69) is 40.1 Å². The molecule has 0 bridgehead atoms. The molecule has 28 heavy (non-hydrogen) atoms. The number of nitrogens with one attached hydrogen (secondary N) is 1. The second-order valence-corrected chi connectivity index (χ2v) is 6.66. The van der Waals surface area contributed by atoms with Gasteiger partial charge in [0, 0.05) is 36.6 Å². The summed E-state index contributed by atoms with van der Waals surface area (Å²) in [7, 11) is 6.91. The number of hydrogen-bond donors (Lipinski definition) is 1. The van der Waals surface area contributed by atoms with Gasteiger partial charge in [0.2, 0.25) is 5.75 Å². The first kappa shape index (κ1) is 19.7. The van der Waals surface area contributed by atoms with Gasteiger partial charge in [-0.25, -0.2) is 0 Å². The summed E-state index contributed by atoms with van der Waals surface area (Å²) in [5, 5.41) is 7.36. The van der Waals surface area contributed by atoms with E-state index in [4.69, 9.17) is 14.2 Å². The maximum atomic E-state index is 5.47. The summed E-state index contributed by atoms with van der Waals surface area (Å²) in [5.74, 6) is 1.79.